The molecule has 0 bridgehead atoms. The average molecular weight is 345 g/mol. The van der Waals surface area contributed by atoms with Gasteiger partial charge in [0.05, 0.1) is 12.6 Å². The van der Waals surface area contributed by atoms with Crippen LogP contribution in [0.5, 0.6) is 0 Å². The first kappa shape index (κ1) is 17.9. The molecule has 0 aliphatic rings. The zero-order valence-electron chi connectivity index (χ0n) is 14.9. The van der Waals surface area contributed by atoms with Crippen LogP contribution in [0.1, 0.15) is 33.2 Å². The highest BCUT2D eigenvalue weighted by molar-refractivity contribution is 5.94. The number of nitrogens with zero attached hydrogens (tertiary/aromatic N) is 1. The van der Waals surface area contributed by atoms with E-state index in [9.17, 15) is 9.90 Å². The number of carbonyl (C=O) groups is 1. The molecule has 0 saturated carbocycles. The summed E-state index contributed by atoms with van der Waals surface area (Å²) in [6, 6.07) is 26.8. The zero-order valence-corrected chi connectivity index (χ0v) is 14.9. The molecule has 3 heteroatoms. The van der Waals surface area contributed by atoms with E-state index in [1.807, 2.05) is 91.9 Å². The summed E-state index contributed by atoms with van der Waals surface area (Å²) < 4.78 is 0. The number of amides is 1. The molecule has 0 radical (unpaired) electrons. The van der Waals surface area contributed by atoms with E-state index in [0.717, 1.165) is 16.7 Å². The number of carbonyl (C=O) groups excluding carboxylic acids is 1. The van der Waals surface area contributed by atoms with Crippen LogP contribution in [-0.4, -0.2) is 22.5 Å². The fourth-order valence-corrected chi connectivity index (χ4v) is 2.89. The lowest BCUT2D eigenvalue weighted by Crippen LogP contribution is -2.34. The Hall–Kier alpha value is -2.91. The summed E-state index contributed by atoms with van der Waals surface area (Å²) in [7, 11) is 0. The zero-order chi connectivity index (χ0) is 18.4. The van der Waals surface area contributed by atoms with Gasteiger partial charge in [-0.2, -0.15) is 0 Å². The van der Waals surface area contributed by atoms with Crippen LogP contribution in [0.4, 0.5) is 0 Å². The van der Waals surface area contributed by atoms with Crippen molar-refractivity contribution >= 4 is 5.91 Å². The van der Waals surface area contributed by atoms with Crippen molar-refractivity contribution in [3.05, 3.63) is 107 Å². The molecule has 0 fully saturated rings. The molecule has 0 aliphatic heterocycles. The molecule has 3 aromatic rings. The van der Waals surface area contributed by atoms with E-state index in [1.54, 1.807) is 4.90 Å². The summed E-state index contributed by atoms with van der Waals surface area (Å²) in [5.41, 5.74) is 3.59. The Bertz CT molecular complexity index is 829. The molecule has 0 saturated heterocycles. The molecule has 1 unspecified atom stereocenters. The number of hydrogen-bond donors (Lipinski definition) is 1. The second-order valence-electron chi connectivity index (χ2n) is 6.46. The van der Waals surface area contributed by atoms with Gasteiger partial charge in [0.1, 0.15) is 0 Å². The van der Waals surface area contributed by atoms with E-state index in [4.69, 9.17) is 0 Å². The second kappa shape index (κ2) is 8.45. The predicted octanol–water partition coefficient (Wildman–Crippen LogP) is 4.37. The van der Waals surface area contributed by atoms with E-state index < -0.39 is 6.10 Å². The van der Waals surface area contributed by atoms with Crippen molar-refractivity contribution in [1.82, 2.24) is 4.90 Å². The van der Waals surface area contributed by atoms with Gasteiger partial charge in [0.2, 0.25) is 0 Å². The third-order valence-electron chi connectivity index (χ3n) is 4.38. The highest BCUT2D eigenvalue weighted by atomic mass is 16.3. The summed E-state index contributed by atoms with van der Waals surface area (Å²) in [6.45, 7) is 2.69. The molecule has 3 aromatic carbocycles. The number of aliphatic hydroxyl groups is 1. The van der Waals surface area contributed by atoms with Crippen molar-refractivity contribution in [1.29, 1.82) is 0 Å². The maximum atomic E-state index is 13.0. The van der Waals surface area contributed by atoms with Gasteiger partial charge in [-0.05, 0) is 30.2 Å². The van der Waals surface area contributed by atoms with Crippen molar-refractivity contribution < 1.29 is 9.90 Å². The number of rotatable bonds is 6. The van der Waals surface area contributed by atoms with Crippen molar-refractivity contribution in [2.24, 2.45) is 0 Å². The maximum absolute atomic E-state index is 13.0. The van der Waals surface area contributed by atoms with Crippen LogP contribution in [0, 0.1) is 6.92 Å². The van der Waals surface area contributed by atoms with E-state index in [-0.39, 0.29) is 12.5 Å². The highest BCUT2D eigenvalue weighted by Gasteiger charge is 2.20. The van der Waals surface area contributed by atoms with E-state index >= 15 is 0 Å². The minimum atomic E-state index is -0.727. The molecule has 0 spiro atoms. The van der Waals surface area contributed by atoms with Crippen LogP contribution in [0.2, 0.25) is 0 Å². The first-order valence-electron chi connectivity index (χ1n) is 8.76. The van der Waals surface area contributed by atoms with E-state index in [2.05, 4.69) is 0 Å². The molecule has 0 aliphatic carbocycles. The Morgan fingerprint density at radius 2 is 1.46 bits per heavy atom. The molecule has 0 heterocycles. The van der Waals surface area contributed by atoms with Crippen LogP contribution in [0.3, 0.4) is 0 Å². The second-order valence-corrected chi connectivity index (χ2v) is 6.46. The molecule has 3 rings (SSSR count). The SMILES string of the molecule is Cc1ccc(C(=O)N(Cc2ccccc2)CC(O)c2ccccc2)cc1. The van der Waals surface area contributed by atoms with Gasteiger partial charge in [0, 0.05) is 12.1 Å². The Morgan fingerprint density at radius 3 is 2.08 bits per heavy atom. The van der Waals surface area contributed by atoms with Gasteiger partial charge in [-0.15, -0.1) is 0 Å². The lowest BCUT2D eigenvalue weighted by molar-refractivity contribution is 0.0603. The Labute approximate surface area is 154 Å². The van der Waals surface area contributed by atoms with Gasteiger partial charge >= 0.3 is 0 Å². The van der Waals surface area contributed by atoms with Crippen molar-refractivity contribution in [2.75, 3.05) is 6.54 Å². The topological polar surface area (TPSA) is 40.5 Å². The standard InChI is InChI=1S/C23H23NO2/c1-18-12-14-21(15-13-18)23(26)24(16-19-8-4-2-5-9-19)17-22(25)20-10-6-3-7-11-20/h2-15,22,25H,16-17H2,1H3. The summed E-state index contributed by atoms with van der Waals surface area (Å²) in [6.07, 6.45) is -0.727. The largest absolute Gasteiger partial charge is 0.387 e. The maximum Gasteiger partial charge on any atom is 0.254 e. The van der Waals surface area contributed by atoms with Gasteiger partial charge in [-0.1, -0.05) is 78.4 Å². The van der Waals surface area contributed by atoms with Gasteiger partial charge in [0.15, 0.2) is 0 Å². The number of aryl methyl sites for hydroxylation is 1. The molecular weight excluding hydrogens is 322 g/mol. The molecule has 0 aromatic heterocycles. The van der Waals surface area contributed by atoms with Crippen LogP contribution in [0.15, 0.2) is 84.9 Å². The monoisotopic (exact) mass is 345 g/mol. The smallest absolute Gasteiger partial charge is 0.254 e. The Morgan fingerprint density at radius 1 is 0.885 bits per heavy atom. The molecule has 1 atom stereocenters. The summed E-state index contributed by atoms with van der Waals surface area (Å²) in [5.74, 6) is -0.0798. The molecule has 132 valence electrons. The first-order valence-corrected chi connectivity index (χ1v) is 8.76. The van der Waals surface area contributed by atoms with Gasteiger partial charge < -0.3 is 10.0 Å². The summed E-state index contributed by atoms with van der Waals surface area (Å²) >= 11 is 0. The normalized spacial score (nSPS) is 11.8. The fourth-order valence-electron chi connectivity index (χ4n) is 2.89. The minimum absolute atomic E-state index is 0.0798. The highest BCUT2D eigenvalue weighted by Crippen LogP contribution is 2.18. The average Bonchev–Trinajstić information content (AvgIpc) is 2.69. The quantitative estimate of drug-likeness (QED) is 0.721. The minimum Gasteiger partial charge on any atom is -0.387 e. The fraction of sp³-hybridized carbons (Fsp3) is 0.174. The molecular formula is C23H23NO2. The molecule has 26 heavy (non-hydrogen) atoms. The third-order valence-corrected chi connectivity index (χ3v) is 4.38. The summed E-state index contributed by atoms with van der Waals surface area (Å²) in [5, 5.41) is 10.6. The van der Waals surface area contributed by atoms with Crippen LogP contribution in [-0.2, 0) is 6.54 Å². The first-order chi connectivity index (χ1) is 12.6. The van der Waals surface area contributed by atoms with Gasteiger partial charge in [0.25, 0.3) is 5.91 Å². The Kier molecular flexibility index (Phi) is 5.82. The summed E-state index contributed by atoms with van der Waals surface area (Å²) in [4.78, 5) is 14.7. The molecule has 3 nitrogen and oxygen atoms in total. The van der Waals surface area contributed by atoms with Crippen molar-refractivity contribution in [3.8, 4) is 0 Å². The number of hydrogen-bond acceptors (Lipinski definition) is 2. The van der Waals surface area contributed by atoms with E-state index in [0.29, 0.717) is 12.1 Å². The molecule has 1 N–H and O–H groups in total. The lowest BCUT2D eigenvalue weighted by Gasteiger charge is -2.26. The number of benzene rings is 3. The van der Waals surface area contributed by atoms with Gasteiger partial charge in [-0.25, -0.2) is 0 Å². The van der Waals surface area contributed by atoms with Crippen molar-refractivity contribution in [2.45, 2.75) is 19.6 Å². The Balaban J connectivity index is 1.83. The van der Waals surface area contributed by atoms with Crippen molar-refractivity contribution in [3.63, 3.8) is 0 Å². The van der Waals surface area contributed by atoms with Crippen LogP contribution >= 0.6 is 0 Å². The van der Waals surface area contributed by atoms with Crippen LogP contribution in [0.25, 0.3) is 0 Å². The lowest BCUT2D eigenvalue weighted by atomic mass is 10.1. The predicted molar refractivity (Wildman–Crippen MR) is 104 cm³/mol. The van der Waals surface area contributed by atoms with Gasteiger partial charge in [-0.3, -0.25) is 4.79 Å². The molecule has 1 amide bonds. The van der Waals surface area contributed by atoms with E-state index in [1.165, 1.54) is 0 Å². The third kappa shape index (κ3) is 4.58. The number of aliphatic hydroxyl groups excluding tert-OH is 1. The van der Waals surface area contributed by atoms with Crippen LogP contribution < -0.4 is 0 Å².